The molecule has 2 rings (SSSR count). The maximum absolute atomic E-state index is 12.3. The van der Waals surface area contributed by atoms with Gasteiger partial charge in [-0.25, -0.2) is 0 Å². The summed E-state index contributed by atoms with van der Waals surface area (Å²) in [5.74, 6) is 0.290. The summed E-state index contributed by atoms with van der Waals surface area (Å²) in [5, 5.41) is 0. The Kier molecular flexibility index (Phi) is 4.20. The zero-order chi connectivity index (χ0) is 13.8. The minimum absolute atomic E-state index is 0.0278. The highest BCUT2D eigenvalue weighted by Gasteiger charge is 2.19. The van der Waals surface area contributed by atoms with Crippen LogP contribution < -0.4 is 4.90 Å². The summed E-state index contributed by atoms with van der Waals surface area (Å²) in [5.41, 5.74) is 1.77. The molecule has 4 nitrogen and oxygen atoms in total. The van der Waals surface area contributed by atoms with Gasteiger partial charge in [0, 0.05) is 51.3 Å². The predicted molar refractivity (Wildman–Crippen MR) is 75.5 cm³/mol. The third-order valence-corrected chi connectivity index (χ3v) is 3.46. The second-order valence-corrected chi connectivity index (χ2v) is 5.13. The van der Waals surface area contributed by atoms with E-state index in [1.165, 1.54) is 0 Å². The number of rotatable bonds is 2. The Morgan fingerprint density at radius 1 is 1.11 bits per heavy atom. The molecule has 1 saturated heterocycles. The summed E-state index contributed by atoms with van der Waals surface area (Å²) in [6.45, 7) is 1.23. The molecule has 0 N–H and O–H groups in total. The van der Waals surface area contributed by atoms with Gasteiger partial charge in [-0.2, -0.15) is 0 Å². The molecule has 1 fully saturated rings. The van der Waals surface area contributed by atoms with Crippen LogP contribution in [-0.2, 0) is 4.79 Å². The lowest BCUT2D eigenvalue weighted by Gasteiger charge is -2.20. The molecule has 19 heavy (non-hydrogen) atoms. The van der Waals surface area contributed by atoms with Gasteiger partial charge in [-0.3, -0.25) is 9.59 Å². The Labute approximate surface area is 114 Å². The fourth-order valence-electron chi connectivity index (χ4n) is 2.25. The lowest BCUT2D eigenvalue weighted by atomic mass is 10.1. The molecule has 1 aliphatic heterocycles. The van der Waals surface area contributed by atoms with Gasteiger partial charge in [0.05, 0.1) is 0 Å². The number of hydrogen-bond acceptors (Lipinski definition) is 3. The molecule has 0 radical (unpaired) electrons. The number of Topliss-reactive ketones (excluding diaryl/α,β-unsaturated/α-hetero) is 1. The summed E-state index contributed by atoms with van der Waals surface area (Å²) in [6.07, 6.45) is 1.87. The van der Waals surface area contributed by atoms with E-state index < -0.39 is 0 Å². The van der Waals surface area contributed by atoms with Crippen LogP contribution in [0.2, 0.25) is 0 Å². The number of nitrogens with zero attached hydrogens (tertiary/aromatic N) is 2. The van der Waals surface area contributed by atoms with Crippen molar-refractivity contribution >= 4 is 17.4 Å². The van der Waals surface area contributed by atoms with Gasteiger partial charge in [-0.05, 0) is 30.7 Å². The predicted octanol–water partition coefficient (Wildman–Crippen LogP) is 1.95. The van der Waals surface area contributed by atoms with Crippen molar-refractivity contribution in [2.24, 2.45) is 0 Å². The van der Waals surface area contributed by atoms with E-state index in [0.29, 0.717) is 31.5 Å². The first-order valence-corrected chi connectivity index (χ1v) is 6.66. The average Bonchev–Trinajstić information content (AvgIpc) is 2.63. The van der Waals surface area contributed by atoms with Crippen LogP contribution in [0.1, 0.15) is 29.6 Å². The second-order valence-electron chi connectivity index (χ2n) is 5.13. The van der Waals surface area contributed by atoms with E-state index in [9.17, 15) is 9.59 Å². The fraction of sp³-hybridized carbons (Fsp3) is 0.467. The number of carbonyl (C=O) groups is 2. The first kappa shape index (κ1) is 13.6. The molecule has 1 aromatic rings. The van der Waals surface area contributed by atoms with Crippen LogP contribution in [0.15, 0.2) is 24.3 Å². The Bertz CT molecular complexity index is 466. The van der Waals surface area contributed by atoms with Gasteiger partial charge in [0.1, 0.15) is 5.78 Å². The lowest BCUT2D eigenvalue weighted by molar-refractivity contribution is -0.118. The Hall–Kier alpha value is -1.84. The molecule has 0 spiro atoms. The SMILES string of the molecule is CN(C)c1ccc(C(=O)N2CCCC(=O)CC2)cc1. The van der Waals surface area contributed by atoms with Crippen LogP contribution in [0.3, 0.4) is 0 Å². The third kappa shape index (κ3) is 3.34. The van der Waals surface area contributed by atoms with E-state index in [1.54, 1.807) is 4.90 Å². The highest BCUT2D eigenvalue weighted by atomic mass is 16.2. The van der Waals surface area contributed by atoms with Crippen molar-refractivity contribution in [3.05, 3.63) is 29.8 Å². The molecule has 0 aliphatic carbocycles. The number of carbonyl (C=O) groups excluding carboxylic acids is 2. The third-order valence-electron chi connectivity index (χ3n) is 3.46. The number of ketones is 1. The minimum Gasteiger partial charge on any atom is -0.378 e. The maximum Gasteiger partial charge on any atom is 0.253 e. The summed E-state index contributed by atoms with van der Waals surface area (Å²) < 4.78 is 0. The van der Waals surface area contributed by atoms with Crippen LogP contribution in [0.25, 0.3) is 0 Å². The van der Waals surface area contributed by atoms with Crippen LogP contribution in [0.4, 0.5) is 5.69 Å². The van der Waals surface area contributed by atoms with E-state index in [0.717, 1.165) is 12.1 Å². The summed E-state index contributed by atoms with van der Waals surface area (Å²) in [4.78, 5) is 27.5. The first-order valence-electron chi connectivity index (χ1n) is 6.66. The Morgan fingerprint density at radius 3 is 2.42 bits per heavy atom. The zero-order valence-electron chi connectivity index (χ0n) is 11.6. The topological polar surface area (TPSA) is 40.6 Å². The Morgan fingerprint density at radius 2 is 1.79 bits per heavy atom. The fourth-order valence-corrected chi connectivity index (χ4v) is 2.25. The molecule has 0 aromatic heterocycles. The zero-order valence-corrected chi connectivity index (χ0v) is 11.6. The van der Waals surface area contributed by atoms with Crippen LogP contribution in [0, 0.1) is 0 Å². The van der Waals surface area contributed by atoms with Crippen molar-refractivity contribution in [2.45, 2.75) is 19.3 Å². The molecule has 1 aliphatic rings. The van der Waals surface area contributed by atoms with Crippen LogP contribution in [0.5, 0.6) is 0 Å². The Balaban J connectivity index is 2.08. The highest BCUT2D eigenvalue weighted by Crippen LogP contribution is 2.15. The average molecular weight is 260 g/mol. The molecule has 0 unspecified atom stereocenters. The van der Waals surface area contributed by atoms with Gasteiger partial charge in [0.2, 0.25) is 0 Å². The number of anilines is 1. The number of benzene rings is 1. The van der Waals surface area contributed by atoms with Crippen molar-refractivity contribution < 1.29 is 9.59 Å². The van der Waals surface area contributed by atoms with Crippen LogP contribution >= 0.6 is 0 Å². The molecule has 0 atom stereocenters. The molecule has 1 amide bonds. The van der Waals surface area contributed by atoms with Gasteiger partial charge in [0.15, 0.2) is 0 Å². The van der Waals surface area contributed by atoms with Crippen molar-refractivity contribution in [3.8, 4) is 0 Å². The normalized spacial score (nSPS) is 16.1. The standard InChI is InChI=1S/C15H20N2O2/c1-16(2)13-7-5-12(6-8-13)15(19)17-10-3-4-14(18)9-11-17/h5-8H,3-4,9-11H2,1-2H3. The molecule has 1 aromatic carbocycles. The molecule has 0 saturated carbocycles. The lowest BCUT2D eigenvalue weighted by Crippen LogP contribution is -2.32. The quantitative estimate of drug-likeness (QED) is 0.816. The molecule has 1 heterocycles. The van der Waals surface area contributed by atoms with E-state index >= 15 is 0 Å². The van der Waals surface area contributed by atoms with Crippen LogP contribution in [-0.4, -0.2) is 43.8 Å². The minimum atomic E-state index is 0.0278. The number of likely N-dealkylation sites (tertiary alicyclic amines) is 1. The van der Waals surface area contributed by atoms with Gasteiger partial charge < -0.3 is 9.80 Å². The first-order chi connectivity index (χ1) is 9.08. The van der Waals surface area contributed by atoms with Gasteiger partial charge in [-0.1, -0.05) is 0 Å². The summed E-state index contributed by atoms with van der Waals surface area (Å²) in [6, 6.07) is 7.58. The van der Waals surface area contributed by atoms with Crippen molar-refractivity contribution in [1.82, 2.24) is 4.90 Å². The van der Waals surface area contributed by atoms with E-state index in [4.69, 9.17) is 0 Å². The van der Waals surface area contributed by atoms with Crippen molar-refractivity contribution in [2.75, 3.05) is 32.1 Å². The second kappa shape index (κ2) is 5.87. The van der Waals surface area contributed by atoms with Gasteiger partial charge >= 0.3 is 0 Å². The number of amides is 1. The van der Waals surface area contributed by atoms with E-state index in [1.807, 2.05) is 43.3 Å². The summed E-state index contributed by atoms with van der Waals surface area (Å²) in [7, 11) is 3.94. The monoisotopic (exact) mass is 260 g/mol. The molecule has 0 bridgehead atoms. The van der Waals surface area contributed by atoms with E-state index in [2.05, 4.69) is 0 Å². The van der Waals surface area contributed by atoms with Gasteiger partial charge in [0.25, 0.3) is 5.91 Å². The largest absolute Gasteiger partial charge is 0.378 e. The summed E-state index contributed by atoms with van der Waals surface area (Å²) >= 11 is 0. The van der Waals surface area contributed by atoms with E-state index in [-0.39, 0.29) is 11.7 Å². The molecular weight excluding hydrogens is 240 g/mol. The van der Waals surface area contributed by atoms with Crippen molar-refractivity contribution in [3.63, 3.8) is 0 Å². The smallest absolute Gasteiger partial charge is 0.253 e. The molecule has 4 heteroatoms. The highest BCUT2D eigenvalue weighted by molar-refractivity contribution is 5.95. The number of hydrogen-bond donors (Lipinski definition) is 0. The maximum atomic E-state index is 12.3. The molecular formula is C15H20N2O2. The van der Waals surface area contributed by atoms with Crippen molar-refractivity contribution in [1.29, 1.82) is 0 Å². The molecule has 102 valence electrons. The van der Waals surface area contributed by atoms with Gasteiger partial charge in [-0.15, -0.1) is 0 Å².